The molecule has 4 N–H and O–H groups in total. The highest BCUT2D eigenvalue weighted by molar-refractivity contribution is 5.79. The van der Waals surface area contributed by atoms with Crippen molar-refractivity contribution in [3.8, 4) is 22.3 Å². The lowest BCUT2D eigenvalue weighted by Crippen LogP contribution is -2.11. The van der Waals surface area contributed by atoms with E-state index in [-0.39, 0.29) is 11.1 Å². The number of nitrogens with two attached hydrogens (primary N) is 2. The van der Waals surface area contributed by atoms with Gasteiger partial charge in [-0.05, 0) is 77.6 Å². The lowest BCUT2D eigenvalue weighted by atomic mass is 9.89. The Morgan fingerprint density at radius 2 is 1.10 bits per heavy atom. The van der Waals surface area contributed by atoms with E-state index in [4.69, 9.17) is 11.5 Å². The molecule has 3 aromatic rings. The molecule has 0 spiro atoms. The van der Waals surface area contributed by atoms with Crippen LogP contribution in [0.2, 0.25) is 0 Å². The highest BCUT2D eigenvalue weighted by atomic mass is 19.4. The largest absolute Gasteiger partial charge is 0.418 e. The van der Waals surface area contributed by atoms with Gasteiger partial charge in [0.15, 0.2) is 0 Å². The topological polar surface area (TPSA) is 52.0 Å². The second-order valence-electron chi connectivity index (χ2n) is 7.08. The molecule has 3 rings (SSSR count). The van der Waals surface area contributed by atoms with E-state index in [2.05, 4.69) is 0 Å². The van der Waals surface area contributed by atoms with E-state index in [0.717, 1.165) is 18.2 Å². The van der Waals surface area contributed by atoms with E-state index >= 15 is 0 Å². The summed E-state index contributed by atoms with van der Waals surface area (Å²) in [6.07, 6.45) is -9.56. The molecule has 0 fully saturated rings. The fourth-order valence-corrected chi connectivity index (χ4v) is 3.30. The third-order valence-electron chi connectivity index (χ3n) is 4.92. The molecule has 0 aliphatic rings. The minimum Gasteiger partial charge on any atom is -0.399 e. The number of alkyl halides is 6. The van der Waals surface area contributed by atoms with Gasteiger partial charge >= 0.3 is 12.4 Å². The molecule has 0 heterocycles. The summed E-state index contributed by atoms with van der Waals surface area (Å²) in [5.41, 5.74) is 10.4. The fraction of sp³-hybridized carbons (Fsp3) is 0.182. The molecule has 3 aromatic carbocycles. The average molecular weight is 424 g/mol. The van der Waals surface area contributed by atoms with E-state index < -0.39 is 29.2 Å². The van der Waals surface area contributed by atoms with Gasteiger partial charge < -0.3 is 11.5 Å². The maximum Gasteiger partial charge on any atom is 0.418 e. The Kier molecular flexibility index (Phi) is 5.22. The number of nitrogen functional groups attached to an aromatic ring is 2. The molecule has 0 radical (unpaired) electrons. The minimum atomic E-state index is -4.78. The van der Waals surface area contributed by atoms with E-state index in [1.165, 1.54) is 6.07 Å². The van der Waals surface area contributed by atoms with E-state index in [1.807, 2.05) is 0 Å². The van der Waals surface area contributed by atoms with Crippen LogP contribution in [-0.4, -0.2) is 0 Å². The van der Waals surface area contributed by atoms with Gasteiger partial charge in [-0.3, -0.25) is 0 Å². The molecule has 0 saturated carbocycles. The Morgan fingerprint density at radius 3 is 1.63 bits per heavy atom. The Morgan fingerprint density at radius 1 is 0.567 bits per heavy atom. The van der Waals surface area contributed by atoms with Crippen molar-refractivity contribution in [1.29, 1.82) is 0 Å². The molecular formula is C22H18F6N2. The first-order chi connectivity index (χ1) is 13.8. The number of hydrogen-bond acceptors (Lipinski definition) is 2. The van der Waals surface area contributed by atoms with Crippen LogP contribution in [0.1, 0.15) is 22.3 Å². The van der Waals surface area contributed by atoms with Crippen molar-refractivity contribution in [3.05, 3.63) is 70.8 Å². The first-order valence-electron chi connectivity index (χ1n) is 8.84. The molecule has 2 nitrogen and oxygen atoms in total. The zero-order chi connectivity index (χ0) is 22.4. The Labute approximate surface area is 169 Å². The van der Waals surface area contributed by atoms with Crippen LogP contribution in [0.4, 0.5) is 37.7 Å². The van der Waals surface area contributed by atoms with Crippen LogP contribution < -0.4 is 11.5 Å². The number of anilines is 2. The Bertz CT molecular complexity index is 1110. The maximum absolute atomic E-state index is 13.9. The Balaban J connectivity index is 2.27. The molecule has 0 amide bonds. The summed E-state index contributed by atoms with van der Waals surface area (Å²) in [7, 11) is 0. The molecular weight excluding hydrogens is 406 g/mol. The smallest absolute Gasteiger partial charge is 0.399 e. The average Bonchev–Trinajstić information content (AvgIpc) is 2.62. The van der Waals surface area contributed by atoms with Crippen molar-refractivity contribution in [2.24, 2.45) is 0 Å². The SMILES string of the molecule is Cc1cc(-c2cc(C(F)(F)F)c(-c3ccc(N)c(C(F)(F)F)c3)cc2C)ccc1N. The number of halogens is 6. The Hall–Kier alpha value is -3.16. The number of benzene rings is 3. The maximum atomic E-state index is 13.9. The van der Waals surface area contributed by atoms with Crippen LogP contribution in [0.25, 0.3) is 22.3 Å². The first kappa shape index (κ1) is 21.5. The van der Waals surface area contributed by atoms with E-state index in [9.17, 15) is 26.3 Å². The van der Waals surface area contributed by atoms with Gasteiger partial charge in [0.25, 0.3) is 0 Å². The molecule has 0 aliphatic carbocycles. The molecule has 158 valence electrons. The predicted octanol–water partition coefficient (Wildman–Crippen LogP) is 6.84. The van der Waals surface area contributed by atoms with Crippen molar-refractivity contribution in [2.45, 2.75) is 26.2 Å². The van der Waals surface area contributed by atoms with E-state index in [1.54, 1.807) is 32.0 Å². The summed E-state index contributed by atoms with van der Waals surface area (Å²) in [5, 5.41) is 0. The fourth-order valence-electron chi connectivity index (χ4n) is 3.30. The van der Waals surface area contributed by atoms with Crippen LogP contribution in [0.15, 0.2) is 48.5 Å². The van der Waals surface area contributed by atoms with Gasteiger partial charge in [-0.15, -0.1) is 0 Å². The highest BCUT2D eigenvalue weighted by Gasteiger charge is 2.36. The molecule has 30 heavy (non-hydrogen) atoms. The van der Waals surface area contributed by atoms with Crippen LogP contribution in [0, 0.1) is 13.8 Å². The number of aryl methyl sites for hydroxylation is 2. The van der Waals surface area contributed by atoms with Gasteiger partial charge in [-0.2, -0.15) is 26.3 Å². The third-order valence-corrected chi connectivity index (χ3v) is 4.92. The van der Waals surface area contributed by atoms with Gasteiger partial charge in [0, 0.05) is 11.4 Å². The summed E-state index contributed by atoms with van der Waals surface area (Å²) in [4.78, 5) is 0. The number of rotatable bonds is 2. The van der Waals surface area contributed by atoms with Crippen molar-refractivity contribution in [2.75, 3.05) is 11.5 Å². The molecule has 0 saturated heterocycles. The zero-order valence-corrected chi connectivity index (χ0v) is 16.0. The normalized spacial score (nSPS) is 12.3. The molecule has 0 aromatic heterocycles. The lowest BCUT2D eigenvalue weighted by Gasteiger charge is -2.19. The van der Waals surface area contributed by atoms with Crippen LogP contribution >= 0.6 is 0 Å². The van der Waals surface area contributed by atoms with Gasteiger partial charge in [-0.1, -0.05) is 18.2 Å². The van der Waals surface area contributed by atoms with E-state index in [0.29, 0.717) is 34.0 Å². The van der Waals surface area contributed by atoms with Gasteiger partial charge in [-0.25, -0.2) is 0 Å². The highest BCUT2D eigenvalue weighted by Crippen LogP contribution is 2.43. The van der Waals surface area contributed by atoms with Crippen molar-refractivity contribution >= 4 is 11.4 Å². The number of hydrogen-bond donors (Lipinski definition) is 2. The summed E-state index contributed by atoms with van der Waals surface area (Å²) >= 11 is 0. The molecule has 8 heteroatoms. The summed E-state index contributed by atoms with van der Waals surface area (Å²) in [6, 6.07) is 9.84. The zero-order valence-electron chi connectivity index (χ0n) is 16.0. The molecule has 0 atom stereocenters. The van der Waals surface area contributed by atoms with Crippen LogP contribution in [-0.2, 0) is 12.4 Å². The van der Waals surface area contributed by atoms with Crippen molar-refractivity contribution < 1.29 is 26.3 Å². The second-order valence-corrected chi connectivity index (χ2v) is 7.08. The van der Waals surface area contributed by atoms with Crippen LogP contribution in [0.3, 0.4) is 0 Å². The summed E-state index contributed by atoms with van der Waals surface area (Å²) < 4.78 is 81.2. The van der Waals surface area contributed by atoms with Crippen molar-refractivity contribution in [1.82, 2.24) is 0 Å². The second kappa shape index (κ2) is 7.27. The third kappa shape index (κ3) is 4.08. The molecule has 0 aliphatic heterocycles. The quantitative estimate of drug-likeness (QED) is 0.350. The lowest BCUT2D eigenvalue weighted by molar-refractivity contribution is -0.137. The summed E-state index contributed by atoms with van der Waals surface area (Å²) in [6.45, 7) is 3.34. The van der Waals surface area contributed by atoms with Gasteiger partial charge in [0.2, 0.25) is 0 Å². The minimum absolute atomic E-state index is 0.216. The monoisotopic (exact) mass is 424 g/mol. The predicted molar refractivity (Wildman–Crippen MR) is 106 cm³/mol. The first-order valence-corrected chi connectivity index (χ1v) is 8.84. The molecule has 0 unspecified atom stereocenters. The van der Waals surface area contributed by atoms with Gasteiger partial charge in [0.05, 0.1) is 11.1 Å². The van der Waals surface area contributed by atoms with Crippen molar-refractivity contribution in [3.63, 3.8) is 0 Å². The summed E-state index contributed by atoms with van der Waals surface area (Å²) in [5.74, 6) is 0. The van der Waals surface area contributed by atoms with Crippen LogP contribution in [0.5, 0.6) is 0 Å². The molecule has 0 bridgehead atoms. The van der Waals surface area contributed by atoms with Gasteiger partial charge in [0.1, 0.15) is 0 Å². The standard InChI is InChI=1S/C22H18F6N2/c1-11-8-16(14-4-6-20(30)18(9-14)22(26,27)28)17(21(23,24)25)10-15(11)13-3-5-19(29)12(2)7-13/h3-10H,29-30H2,1-2H3.